The monoisotopic (exact) mass is 317 g/mol. The summed E-state index contributed by atoms with van der Waals surface area (Å²) in [5.74, 6) is 0.380. The number of pyridine rings is 1. The number of carbonyl (C=O) groups is 1. The highest BCUT2D eigenvalue weighted by Crippen LogP contribution is 2.39. The summed E-state index contributed by atoms with van der Waals surface area (Å²) in [6.07, 6.45) is 6.06. The number of rotatable bonds is 4. The Morgan fingerprint density at radius 1 is 1.26 bits per heavy atom. The van der Waals surface area contributed by atoms with Crippen LogP contribution in [0.4, 0.5) is 0 Å². The first-order valence-corrected chi connectivity index (χ1v) is 8.59. The molecule has 0 aromatic carbocycles. The number of ether oxygens (including phenoxy) is 1. The quantitative estimate of drug-likeness (QED) is 0.853. The Morgan fingerprint density at radius 2 is 1.91 bits per heavy atom. The van der Waals surface area contributed by atoms with Gasteiger partial charge < -0.3 is 9.64 Å². The summed E-state index contributed by atoms with van der Waals surface area (Å²) in [5.41, 5.74) is 1.28. The highest BCUT2D eigenvalue weighted by molar-refractivity contribution is 5.78. The predicted molar refractivity (Wildman–Crippen MR) is 88.9 cm³/mol. The third-order valence-corrected chi connectivity index (χ3v) is 5.19. The predicted octanol–water partition coefficient (Wildman–Crippen LogP) is 2.10. The van der Waals surface area contributed by atoms with Crippen molar-refractivity contribution in [1.29, 1.82) is 0 Å². The van der Waals surface area contributed by atoms with E-state index in [9.17, 15) is 4.79 Å². The highest BCUT2D eigenvalue weighted by Gasteiger charge is 2.44. The van der Waals surface area contributed by atoms with Gasteiger partial charge in [0.05, 0.1) is 12.1 Å². The van der Waals surface area contributed by atoms with Gasteiger partial charge in [-0.05, 0) is 30.5 Å². The molecule has 2 atom stereocenters. The van der Waals surface area contributed by atoms with Crippen LogP contribution in [-0.2, 0) is 9.53 Å². The highest BCUT2D eigenvalue weighted by atomic mass is 16.5. The minimum atomic E-state index is 0.0954. The number of methoxy groups -OCH3 is 1. The first-order valence-electron chi connectivity index (χ1n) is 8.59. The van der Waals surface area contributed by atoms with Crippen molar-refractivity contribution >= 4 is 5.91 Å². The Labute approximate surface area is 138 Å². The van der Waals surface area contributed by atoms with Crippen LogP contribution < -0.4 is 0 Å². The summed E-state index contributed by atoms with van der Waals surface area (Å²) in [7, 11) is 1.79. The smallest absolute Gasteiger partial charge is 0.225 e. The molecule has 0 unspecified atom stereocenters. The summed E-state index contributed by atoms with van der Waals surface area (Å²) >= 11 is 0. The molecule has 0 radical (unpaired) electrons. The Bertz CT molecular complexity index is 526. The summed E-state index contributed by atoms with van der Waals surface area (Å²) in [6.45, 7) is 6.68. The van der Waals surface area contributed by atoms with E-state index in [1.54, 1.807) is 7.11 Å². The fourth-order valence-electron chi connectivity index (χ4n) is 3.83. The lowest BCUT2D eigenvalue weighted by molar-refractivity contribution is -0.140. The average molecular weight is 317 g/mol. The van der Waals surface area contributed by atoms with E-state index < -0.39 is 0 Å². The topological polar surface area (TPSA) is 45.7 Å². The molecule has 2 aliphatic heterocycles. The van der Waals surface area contributed by atoms with E-state index in [1.165, 1.54) is 5.56 Å². The van der Waals surface area contributed by atoms with Crippen LogP contribution in [0.2, 0.25) is 0 Å². The van der Waals surface area contributed by atoms with E-state index >= 15 is 0 Å². The molecule has 0 aliphatic carbocycles. The van der Waals surface area contributed by atoms with Gasteiger partial charge in [0.15, 0.2) is 0 Å². The van der Waals surface area contributed by atoms with Gasteiger partial charge in [-0.1, -0.05) is 13.8 Å². The van der Waals surface area contributed by atoms with Gasteiger partial charge in [0.1, 0.15) is 0 Å². The van der Waals surface area contributed by atoms with Crippen molar-refractivity contribution in [3.05, 3.63) is 30.1 Å². The molecular weight excluding hydrogens is 290 g/mol. The minimum absolute atomic E-state index is 0.0954. The van der Waals surface area contributed by atoms with E-state index in [4.69, 9.17) is 4.74 Å². The standard InChI is InChI=1S/C18H27N3O2/c1-13(2)18(22)20-10-6-15(7-11-20)21-12-16(23-3)17(21)14-4-8-19-9-5-14/h4-5,8-9,13,15-17H,6-7,10-12H2,1-3H3/t16-,17-/m0/s1. The van der Waals surface area contributed by atoms with Crippen molar-refractivity contribution in [2.75, 3.05) is 26.7 Å². The van der Waals surface area contributed by atoms with Crippen molar-refractivity contribution in [1.82, 2.24) is 14.8 Å². The van der Waals surface area contributed by atoms with Gasteiger partial charge in [0.25, 0.3) is 0 Å². The third kappa shape index (κ3) is 3.26. The number of amides is 1. The van der Waals surface area contributed by atoms with Gasteiger partial charge >= 0.3 is 0 Å². The van der Waals surface area contributed by atoms with Crippen molar-refractivity contribution in [3.63, 3.8) is 0 Å². The molecule has 3 heterocycles. The van der Waals surface area contributed by atoms with Crippen LogP contribution >= 0.6 is 0 Å². The van der Waals surface area contributed by atoms with Crippen LogP contribution in [0.3, 0.4) is 0 Å². The molecule has 1 aromatic heterocycles. The van der Waals surface area contributed by atoms with Crippen LogP contribution in [-0.4, -0.2) is 59.6 Å². The second-order valence-corrected chi connectivity index (χ2v) is 6.91. The van der Waals surface area contributed by atoms with Gasteiger partial charge in [-0.2, -0.15) is 0 Å². The average Bonchev–Trinajstić information content (AvgIpc) is 2.55. The van der Waals surface area contributed by atoms with Crippen molar-refractivity contribution in [3.8, 4) is 0 Å². The first-order chi connectivity index (χ1) is 11.1. The molecule has 0 bridgehead atoms. The first kappa shape index (κ1) is 16.4. The Morgan fingerprint density at radius 3 is 2.48 bits per heavy atom. The number of aromatic nitrogens is 1. The third-order valence-electron chi connectivity index (χ3n) is 5.19. The van der Waals surface area contributed by atoms with E-state index in [0.717, 1.165) is 32.5 Å². The molecular formula is C18H27N3O2. The fraction of sp³-hybridized carbons (Fsp3) is 0.667. The van der Waals surface area contributed by atoms with Crippen LogP contribution in [0.25, 0.3) is 0 Å². The molecule has 5 heteroatoms. The minimum Gasteiger partial charge on any atom is -0.378 e. The lowest BCUT2D eigenvalue weighted by atomic mass is 9.87. The number of piperidine rings is 1. The number of nitrogens with zero attached hydrogens (tertiary/aromatic N) is 3. The van der Waals surface area contributed by atoms with Gasteiger partial charge in [-0.15, -0.1) is 0 Å². The van der Waals surface area contributed by atoms with E-state index in [2.05, 4.69) is 22.0 Å². The van der Waals surface area contributed by atoms with Gasteiger partial charge in [-0.25, -0.2) is 0 Å². The molecule has 1 amide bonds. The van der Waals surface area contributed by atoms with Crippen LogP contribution in [0, 0.1) is 5.92 Å². The van der Waals surface area contributed by atoms with E-state index in [1.807, 2.05) is 31.1 Å². The fourth-order valence-corrected chi connectivity index (χ4v) is 3.83. The van der Waals surface area contributed by atoms with Crippen LogP contribution in [0.15, 0.2) is 24.5 Å². The lowest BCUT2D eigenvalue weighted by Gasteiger charge is -2.53. The van der Waals surface area contributed by atoms with Crippen molar-refractivity contribution in [2.45, 2.75) is 44.9 Å². The van der Waals surface area contributed by atoms with Crippen LogP contribution in [0.5, 0.6) is 0 Å². The number of hydrogen-bond acceptors (Lipinski definition) is 4. The maximum Gasteiger partial charge on any atom is 0.225 e. The van der Waals surface area contributed by atoms with Gasteiger partial charge in [-0.3, -0.25) is 14.7 Å². The molecule has 0 N–H and O–H groups in total. The maximum absolute atomic E-state index is 12.1. The summed E-state index contributed by atoms with van der Waals surface area (Å²) in [5, 5.41) is 0. The van der Waals surface area contributed by atoms with Crippen LogP contribution in [0.1, 0.15) is 38.3 Å². The zero-order valence-corrected chi connectivity index (χ0v) is 14.3. The Balaban J connectivity index is 1.63. The Kier molecular flexibility index (Phi) is 4.97. The lowest BCUT2D eigenvalue weighted by Crippen LogP contribution is -2.60. The second-order valence-electron chi connectivity index (χ2n) is 6.91. The van der Waals surface area contributed by atoms with Gasteiger partial charge in [0, 0.05) is 51.1 Å². The molecule has 3 rings (SSSR count). The molecule has 5 nitrogen and oxygen atoms in total. The molecule has 2 fully saturated rings. The van der Waals surface area contributed by atoms with E-state index in [-0.39, 0.29) is 17.9 Å². The van der Waals surface area contributed by atoms with Gasteiger partial charge in [0.2, 0.25) is 5.91 Å². The maximum atomic E-state index is 12.1. The number of hydrogen-bond donors (Lipinski definition) is 0. The normalized spacial score (nSPS) is 26.3. The SMILES string of the molecule is CO[C@H]1CN(C2CCN(C(=O)C(C)C)CC2)[C@H]1c1ccncc1. The molecule has 2 aliphatic rings. The largest absolute Gasteiger partial charge is 0.378 e. The molecule has 0 saturated carbocycles. The number of carbonyl (C=O) groups excluding carboxylic acids is 1. The zero-order chi connectivity index (χ0) is 16.4. The zero-order valence-electron chi connectivity index (χ0n) is 14.3. The molecule has 23 heavy (non-hydrogen) atoms. The molecule has 1 aromatic rings. The summed E-state index contributed by atoms with van der Waals surface area (Å²) < 4.78 is 5.64. The summed E-state index contributed by atoms with van der Waals surface area (Å²) in [4.78, 5) is 20.8. The molecule has 2 saturated heterocycles. The van der Waals surface area contributed by atoms with Crippen molar-refractivity contribution < 1.29 is 9.53 Å². The molecule has 126 valence electrons. The molecule has 0 spiro atoms. The summed E-state index contributed by atoms with van der Waals surface area (Å²) in [6, 6.07) is 5.02. The second kappa shape index (κ2) is 6.97. The van der Waals surface area contributed by atoms with Crippen molar-refractivity contribution in [2.24, 2.45) is 5.92 Å². The Hall–Kier alpha value is -1.46. The van der Waals surface area contributed by atoms with E-state index in [0.29, 0.717) is 12.1 Å². The number of likely N-dealkylation sites (tertiary alicyclic amines) is 2.